The molecule has 3 aliphatic heterocycles. The molecule has 4 aromatic rings. The molecule has 0 saturated carbocycles. The molecular formula is C28H27F6N7OS. The lowest BCUT2D eigenvalue weighted by molar-refractivity contribution is -0.137. The van der Waals surface area contributed by atoms with Gasteiger partial charge in [0.15, 0.2) is 10.9 Å². The van der Waals surface area contributed by atoms with Gasteiger partial charge in [-0.3, -0.25) is 4.90 Å². The Hall–Kier alpha value is -3.43. The first kappa shape index (κ1) is 28.3. The monoisotopic (exact) mass is 623 g/mol. The van der Waals surface area contributed by atoms with Gasteiger partial charge in [-0.1, -0.05) is 11.3 Å². The van der Waals surface area contributed by atoms with Crippen LogP contribution in [-0.2, 0) is 6.18 Å². The smallest absolute Gasteiger partial charge is 0.417 e. The Morgan fingerprint density at radius 3 is 2.49 bits per heavy atom. The highest BCUT2D eigenvalue weighted by Gasteiger charge is 2.40. The van der Waals surface area contributed by atoms with Gasteiger partial charge in [0.25, 0.3) is 0 Å². The minimum atomic E-state index is -4.99. The minimum Gasteiger partial charge on any atom is -0.462 e. The van der Waals surface area contributed by atoms with Gasteiger partial charge in [0, 0.05) is 54.3 Å². The standard InChI is InChI=1S/C28H27F6N7OS/c1-40-8-12(29)6-15(40)11-42-27-38-22-17(25(39-27)41-9-13-2-3-14(10-41)36-13)7-18(28(32,33)34)20(21(22)31)16-4-5-19(30)24-23(16)37-26(35)43-24/h4-5,7,12-15,36H,2-3,6,8-11H2,1H3,(H2,35,37)/t12-,13?,14?,15+/m1/s1. The zero-order valence-electron chi connectivity index (χ0n) is 22.9. The topological polar surface area (TPSA) is 92.4 Å². The second-order valence-corrected chi connectivity index (χ2v) is 12.5. The van der Waals surface area contributed by atoms with E-state index in [-0.39, 0.29) is 81.3 Å². The molecule has 7 rings (SSSR count). The van der Waals surface area contributed by atoms with Crippen LogP contribution in [-0.4, -0.2) is 77.4 Å². The van der Waals surface area contributed by atoms with Gasteiger partial charge in [-0.05, 0) is 44.5 Å². The van der Waals surface area contributed by atoms with Crippen LogP contribution in [0, 0.1) is 11.6 Å². The quantitative estimate of drug-likeness (QED) is 0.295. The number of thiazole rings is 1. The number of likely N-dealkylation sites (tertiary alicyclic amines) is 1. The number of alkyl halides is 4. The highest BCUT2D eigenvalue weighted by Crippen LogP contribution is 2.46. The van der Waals surface area contributed by atoms with E-state index in [2.05, 4.69) is 20.3 Å². The van der Waals surface area contributed by atoms with E-state index in [4.69, 9.17) is 10.5 Å². The molecule has 15 heteroatoms. The number of halogens is 6. The van der Waals surface area contributed by atoms with Gasteiger partial charge in [0.2, 0.25) is 0 Å². The number of piperazine rings is 1. The summed E-state index contributed by atoms with van der Waals surface area (Å²) in [6.07, 6.45) is -3.97. The number of nitrogens with two attached hydrogens (primary N) is 1. The minimum absolute atomic E-state index is 0.0144. The average molecular weight is 624 g/mol. The summed E-state index contributed by atoms with van der Waals surface area (Å²) in [5, 5.41) is 3.27. The Bertz CT molecular complexity index is 1720. The number of likely N-dealkylation sites (N-methyl/N-ethyl adjacent to an activating group) is 1. The molecular weight excluding hydrogens is 596 g/mol. The van der Waals surface area contributed by atoms with Crippen LogP contribution in [0.5, 0.6) is 6.01 Å². The molecule has 3 fully saturated rings. The highest BCUT2D eigenvalue weighted by molar-refractivity contribution is 7.22. The Labute approximate surface area is 245 Å². The van der Waals surface area contributed by atoms with Crippen LogP contribution in [0.2, 0.25) is 0 Å². The number of ether oxygens (including phenoxy) is 1. The lowest BCUT2D eigenvalue weighted by Crippen LogP contribution is -2.51. The van der Waals surface area contributed by atoms with Gasteiger partial charge >= 0.3 is 12.2 Å². The van der Waals surface area contributed by atoms with Crippen LogP contribution in [0.15, 0.2) is 18.2 Å². The van der Waals surface area contributed by atoms with E-state index in [0.29, 0.717) is 13.1 Å². The van der Waals surface area contributed by atoms with Gasteiger partial charge in [-0.2, -0.15) is 23.1 Å². The molecule has 0 aliphatic carbocycles. The number of nitrogen functional groups attached to an aromatic ring is 1. The summed E-state index contributed by atoms with van der Waals surface area (Å²) in [4.78, 5) is 16.4. The van der Waals surface area contributed by atoms with Crippen molar-refractivity contribution >= 4 is 43.4 Å². The zero-order chi connectivity index (χ0) is 30.2. The summed E-state index contributed by atoms with van der Waals surface area (Å²) in [7, 11) is 1.76. The predicted octanol–water partition coefficient (Wildman–Crippen LogP) is 5.15. The third kappa shape index (κ3) is 5.00. The van der Waals surface area contributed by atoms with E-state index in [1.807, 2.05) is 4.90 Å². The molecule has 3 N–H and O–H groups in total. The second-order valence-electron chi connectivity index (χ2n) is 11.4. The molecule has 2 bridgehead atoms. The number of nitrogens with one attached hydrogen (secondary N) is 1. The number of hydrogen-bond acceptors (Lipinski definition) is 9. The van der Waals surface area contributed by atoms with E-state index < -0.39 is 35.1 Å². The van der Waals surface area contributed by atoms with Crippen molar-refractivity contribution in [3.8, 4) is 17.1 Å². The summed E-state index contributed by atoms with van der Waals surface area (Å²) in [5.41, 5.74) is 2.86. The fourth-order valence-corrected chi connectivity index (χ4v) is 7.29. The second kappa shape index (κ2) is 10.3. The van der Waals surface area contributed by atoms with Gasteiger partial charge in [0.1, 0.15) is 29.9 Å². The molecule has 0 radical (unpaired) electrons. The van der Waals surface area contributed by atoms with Crippen molar-refractivity contribution in [2.24, 2.45) is 0 Å². The van der Waals surface area contributed by atoms with Crippen molar-refractivity contribution in [1.29, 1.82) is 0 Å². The lowest BCUT2D eigenvalue weighted by Gasteiger charge is -2.34. The fourth-order valence-electron chi connectivity index (χ4n) is 6.52. The van der Waals surface area contributed by atoms with Crippen LogP contribution >= 0.6 is 11.3 Å². The molecule has 0 spiro atoms. The van der Waals surface area contributed by atoms with Crippen molar-refractivity contribution in [3.63, 3.8) is 0 Å². The molecule has 2 aromatic carbocycles. The van der Waals surface area contributed by atoms with Gasteiger partial charge in [0.05, 0.1) is 15.8 Å². The van der Waals surface area contributed by atoms with Gasteiger partial charge in [-0.25, -0.2) is 18.2 Å². The van der Waals surface area contributed by atoms with Crippen molar-refractivity contribution in [2.75, 3.05) is 43.9 Å². The first-order valence-electron chi connectivity index (χ1n) is 13.9. The van der Waals surface area contributed by atoms with E-state index in [1.54, 1.807) is 11.9 Å². The summed E-state index contributed by atoms with van der Waals surface area (Å²) < 4.78 is 94.9. The molecule has 0 amide bonds. The summed E-state index contributed by atoms with van der Waals surface area (Å²) in [5.74, 6) is -1.87. The van der Waals surface area contributed by atoms with E-state index in [9.17, 15) is 22.0 Å². The summed E-state index contributed by atoms with van der Waals surface area (Å²) in [6, 6.07) is 2.59. The normalized spacial score (nSPS) is 24.5. The number of anilines is 2. The third-order valence-corrected chi connectivity index (χ3v) is 9.43. The summed E-state index contributed by atoms with van der Waals surface area (Å²) >= 11 is 0.758. The van der Waals surface area contributed by atoms with Crippen LogP contribution in [0.4, 0.5) is 37.3 Å². The first-order valence-corrected chi connectivity index (χ1v) is 14.7. The maximum Gasteiger partial charge on any atom is 0.417 e. The molecule has 228 valence electrons. The predicted molar refractivity (Wildman–Crippen MR) is 151 cm³/mol. The zero-order valence-corrected chi connectivity index (χ0v) is 23.7. The maximum atomic E-state index is 16.6. The fraction of sp³-hybridized carbons (Fsp3) is 0.464. The highest BCUT2D eigenvalue weighted by atomic mass is 32.1. The van der Waals surface area contributed by atoms with Crippen molar-refractivity contribution in [2.45, 2.75) is 49.7 Å². The number of aromatic nitrogens is 3. The SMILES string of the molecule is CN1C[C@H](F)C[C@H]1COc1nc(N2CC3CCC(C2)N3)c2cc(C(F)(F)F)c(-c3ccc(F)c4sc(N)nc34)c(F)c2n1. The van der Waals surface area contributed by atoms with Crippen LogP contribution in [0.3, 0.4) is 0 Å². The van der Waals surface area contributed by atoms with Crippen molar-refractivity contribution in [3.05, 3.63) is 35.4 Å². The molecule has 3 saturated heterocycles. The van der Waals surface area contributed by atoms with Crippen LogP contribution < -0.4 is 20.7 Å². The maximum absolute atomic E-state index is 16.6. The first-order chi connectivity index (χ1) is 20.5. The molecule has 5 heterocycles. The molecule has 4 atom stereocenters. The number of nitrogens with zero attached hydrogens (tertiary/aromatic N) is 5. The number of fused-ring (bicyclic) bond motifs is 4. The summed E-state index contributed by atoms with van der Waals surface area (Å²) in [6.45, 7) is 1.17. The van der Waals surface area contributed by atoms with Crippen molar-refractivity contribution in [1.82, 2.24) is 25.2 Å². The Kier molecular flexibility index (Phi) is 6.81. The van der Waals surface area contributed by atoms with E-state index >= 15 is 4.39 Å². The Morgan fingerprint density at radius 2 is 1.81 bits per heavy atom. The molecule has 2 unspecified atom stereocenters. The Morgan fingerprint density at radius 1 is 1.07 bits per heavy atom. The number of hydrogen-bond donors (Lipinski definition) is 2. The molecule has 2 aromatic heterocycles. The van der Waals surface area contributed by atoms with E-state index in [1.165, 1.54) is 0 Å². The largest absolute Gasteiger partial charge is 0.462 e. The van der Waals surface area contributed by atoms with Gasteiger partial charge in [-0.15, -0.1) is 0 Å². The third-order valence-electron chi connectivity index (χ3n) is 8.54. The van der Waals surface area contributed by atoms with Crippen molar-refractivity contribution < 1.29 is 31.1 Å². The number of rotatable bonds is 5. The molecule has 43 heavy (non-hydrogen) atoms. The Balaban J connectivity index is 1.43. The average Bonchev–Trinajstić information content (AvgIpc) is 3.62. The van der Waals surface area contributed by atoms with Gasteiger partial charge < -0.3 is 20.7 Å². The van der Waals surface area contributed by atoms with Crippen LogP contribution in [0.1, 0.15) is 24.8 Å². The molecule has 3 aliphatic rings. The van der Waals surface area contributed by atoms with E-state index in [0.717, 1.165) is 42.4 Å². The number of benzene rings is 2. The molecule has 8 nitrogen and oxygen atoms in total. The lowest BCUT2D eigenvalue weighted by atomic mass is 9.95. The van der Waals surface area contributed by atoms with Crippen LogP contribution in [0.25, 0.3) is 32.2 Å².